The molecule has 0 aromatic heterocycles. The summed E-state index contributed by atoms with van der Waals surface area (Å²) in [5.74, 6) is 0. The molecule has 0 aromatic carbocycles. The van der Waals surface area contributed by atoms with E-state index in [1.807, 2.05) is 0 Å². The van der Waals surface area contributed by atoms with Crippen LogP contribution in [-0.2, 0) is 0 Å². The summed E-state index contributed by atoms with van der Waals surface area (Å²) in [7, 11) is 0. The standard InChI is InChI=1S/C7H11N/c1-6-7(2-3-7)4-5-8-6/h2-5H2,1H3. The molecule has 0 aromatic rings. The molecule has 1 heteroatoms. The zero-order valence-electron chi connectivity index (χ0n) is 5.28. The lowest BCUT2D eigenvalue weighted by molar-refractivity contribution is 0.682. The van der Waals surface area contributed by atoms with Crippen LogP contribution in [0.2, 0.25) is 0 Å². The lowest BCUT2D eigenvalue weighted by Crippen LogP contribution is -2.04. The minimum Gasteiger partial charge on any atom is -0.294 e. The molecule has 0 amide bonds. The lowest BCUT2D eigenvalue weighted by Gasteiger charge is -2.01. The van der Waals surface area contributed by atoms with Crippen LogP contribution in [0.3, 0.4) is 0 Å². The zero-order chi connectivity index (χ0) is 5.61. The summed E-state index contributed by atoms with van der Waals surface area (Å²) >= 11 is 0. The molecule has 8 heavy (non-hydrogen) atoms. The summed E-state index contributed by atoms with van der Waals surface area (Å²) in [4.78, 5) is 4.37. The van der Waals surface area contributed by atoms with Crippen molar-refractivity contribution >= 4 is 5.71 Å². The van der Waals surface area contributed by atoms with E-state index < -0.39 is 0 Å². The van der Waals surface area contributed by atoms with Gasteiger partial charge in [-0.15, -0.1) is 0 Å². The quantitative estimate of drug-likeness (QED) is 0.448. The maximum absolute atomic E-state index is 4.37. The maximum atomic E-state index is 4.37. The highest BCUT2D eigenvalue weighted by molar-refractivity contribution is 5.91. The van der Waals surface area contributed by atoms with Gasteiger partial charge in [-0.1, -0.05) is 0 Å². The van der Waals surface area contributed by atoms with Gasteiger partial charge in [0.15, 0.2) is 0 Å². The number of nitrogens with zero attached hydrogens (tertiary/aromatic N) is 1. The highest BCUT2D eigenvalue weighted by atomic mass is 14.8. The SMILES string of the molecule is CC1=NCCC12CC2. The third-order valence-electron chi connectivity index (χ3n) is 2.56. The fourth-order valence-electron chi connectivity index (χ4n) is 1.55. The van der Waals surface area contributed by atoms with Crippen molar-refractivity contribution in [3.05, 3.63) is 0 Å². The van der Waals surface area contributed by atoms with Crippen molar-refractivity contribution in [2.24, 2.45) is 10.4 Å². The van der Waals surface area contributed by atoms with Crippen LogP contribution in [0.4, 0.5) is 0 Å². The molecule has 0 atom stereocenters. The summed E-state index contributed by atoms with van der Waals surface area (Å²) < 4.78 is 0. The Morgan fingerprint density at radius 1 is 1.38 bits per heavy atom. The number of rotatable bonds is 0. The average molecular weight is 109 g/mol. The van der Waals surface area contributed by atoms with E-state index in [1.54, 1.807) is 0 Å². The minimum atomic E-state index is 0.653. The van der Waals surface area contributed by atoms with Gasteiger partial charge in [0.25, 0.3) is 0 Å². The Bertz CT molecular complexity index is 142. The molecule has 2 rings (SSSR count). The van der Waals surface area contributed by atoms with Gasteiger partial charge in [0.1, 0.15) is 0 Å². The third kappa shape index (κ3) is 0.396. The molecule has 1 fully saturated rings. The Kier molecular flexibility index (Phi) is 0.651. The van der Waals surface area contributed by atoms with E-state index in [9.17, 15) is 0 Å². The van der Waals surface area contributed by atoms with E-state index in [1.165, 1.54) is 25.0 Å². The van der Waals surface area contributed by atoms with Crippen LogP contribution in [0.1, 0.15) is 26.2 Å². The topological polar surface area (TPSA) is 12.4 Å². The zero-order valence-corrected chi connectivity index (χ0v) is 5.28. The van der Waals surface area contributed by atoms with E-state index in [0.29, 0.717) is 5.41 Å². The molecule has 1 spiro atoms. The molecule has 1 saturated carbocycles. The van der Waals surface area contributed by atoms with Gasteiger partial charge in [-0.05, 0) is 26.2 Å². The van der Waals surface area contributed by atoms with Crippen LogP contribution < -0.4 is 0 Å². The van der Waals surface area contributed by atoms with Gasteiger partial charge < -0.3 is 0 Å². The summed E-state index contributed by atoms with van der Waals surface area (Å²) in [6.07, 6.45) is 4.18. The van der Waals surface area contributed by atoms with Gasteiger partial charge in [-0.25, -0.2) is 0 Å². The fourth-order valence-corrected chi connectivity index (χ4v) is 1.55. The average Bonchev–Trinajstić information content (AvgIpc) is 2.39. The Hall–Kier alpha value is -0.330. The van der Waals surface area contributed by atoms with Crippen LogP contribution in [0.5, 0.6) is 0 Å². The van der Waals surface area contributed by atoms with E-state index in [-0.39, 0.29) is 0 Å². The predicted octanol–water partition coefficient (Wildman–Crippen LogP) is 1.63. The normalized spacial score (nSPS) is 30.9. The van der Waals surface area contributed by atoms with Gasteiger partial charge >= 0.3 is 0 Å². The first-order valence-corrected chi connectivity index (χ1v) is 3.35. The van der Waals surface area contributed by atoms with Crippen molar-refractivity contribution in [1.82, 2.24) is 0 Å². The van der Waals surface area contributed by atoms with Gasteiger partial charge in [-0.3, -0.25) is 4.99 Å². The Balaban J connectivity index is 2.27. The van der Waals surface area contributed by atoms with Crippen molar-refractivity contribution in [2.75, 3.05) is 6.54 Å². The largest absolute Gasteiger partial charge is 0.294 e. The molecule has 1 heterocycles. The van der Waals surface area contributed by atoms with Crippen molar-refractivity contribution in [2.45, 2.75) is 26.2 Å². The van der Waals surface area contributed by atoms with Crippen molar-refractivity contribution in [3.8, 4) is 0 Å². The molecule has 2 aliphatic rings. The van der Waals surface area contributed by atoms with Crippen LogP contribution in [0.25, 0.3) is 0 Å². The number of hydrogen-bond donors (Lipinski definition) is 0. The summed E-state index contributed by atoms with van der Waals surface area (Å²) in [6, 6.07) is 0. The van der Waals surface area contributed by atoms with E-state index in [4.69, 9.17) is 0 Å². The second-order valence-electron chi connectivity index (χ2n) is 3.00. The van der Waals surface area contributed by atoms with Gasteiger partial charge in [0.2, 0.25) is 0 Å². The summed E-state index contributed by atoms with van der Waals surface area (Å²) in [5, 5.41) is 0. The van der Waals surface area contributed by atoms with Crippen molar-refractivity contribution < 1.29 is 0 Å². The van der Waals surface area contributed by atoms with Crippen LogP contribution in [-0.4, -0.2) is 12.3 Å². The fraction of sp³-hybridized carbons (Fsp3) is 0.857. The Morgan fingerprint density at radius 2 is 2.12 bits per heavy atom. The highest BCUT2D eigenvalue weighted by Crippen LogP contribution is 2.52. The molecular weight excluding hydrogens is 98.1 g/mol. The first kappa shape index (κ1) is 4.54. The number of hydrogen-bond acceptors (Lipinski definition) is 1. The first-order chi connectivity index (χ1) is 3.83. The van der Waals surface area contributed by atoms with E-state index in [2.05, 4.69) is 11.9 Å². The molecule has 0 bridgehead atoms. The monoisotopic (exact) mass is 109 g/mol. The summed E-state index contributed by atoms with van der Waals surface area (Å²) in [5.41, 5.74) is 2.08. The van der Waals surface area contributed by atoms with Crippen molar-refractivity contribution in [1.29, 1.82) is 0 Å². The Morgan fingerprint density at radius 3 is 2.38 bits per heavy atom. The second kappa shape index (κ2) is 1.15. The maximum Gasteiger partial charge on any atom is 0.0397 e. The molecule has 44 valence electrons. The molecule has 0 radical (unpaired) electrons. The van der Waals surface area contributed by atoms with Crippen LogP contribution in [0, 0.1) is 5.41 Å². The molecule has 1 aliphatic carbocycles. The molecule has 1 aliphatic heterocycles. The molecule has 0 unspecified atom stereocenters. The smallest absolute Gasteiger partial charge is 0.0397 e. The number of aliphatic imine (C=N–C) groups is 1. The first-order valence-electron chi connectivity index (χ1n) is 3.35. The lowest BCUT2D eigenvalue weighted by atomic mass is 10.0. The molecular formula is C7H11N. The van der Waals surface area contributed by atoms with Crippen LogP contribution in [0.15, 0.2) is 4.99 Å². The predicted molar refractivity (Wildman–Crippen MR) is 34.3 cm³/mol. The molecule has 0 saturated heterocycles. The van der Waals surface area contributed by atoms with Crippen LogP contribution >= 0.6 is 0 Å². The third-order valence-corrected chi connectivity index (χ3v) is 2.56. The van der Waals surface area contributed by atoms with Gasteiger partial charge in [0.05, 0.1) is 0 Å². The van der Waals surface area contributed by atoms with Crippen molar-refractivity contribution in [3.63, 3.8) is 0 Å². The highest BCUT2D eigenvalue weighted by Gasteiger charge is 2.46. The second-order valence-corrected chi connectivity index (χ2v) is 3.00. The molecule has 0 N–H and O–H groups in total. The molecule has 1 nitrogen and oxygen atoms in total. The van der Waals surface area contributed by atoms with Gasteiger partial charge in [-0.2, -0.15) is 0 Å². The van der Waals surface area contributed by atoms with E-state index in [0.717, 1.165) is 6.54 Å². The van der Waals surface area contributed by atoms with E-state index >= 15 is 0 Å². The summed E-state index contributed by atoms with van der Waals surface area (Å²) in [6.45, 7) is 3.28. The minimum absolute atomic E-state index is 0.653. The Labute approximate surface area is 49.8 Å². The van der Waals surface area contributed by atoms with Gasteiger partial charge in [0, 0.05) is 17.7 Å².